The van der Waals surface area contributed by atoms with Gasteiger partial charge in [-0.15, -0.1) is 0 Å². The van der Waals surface area contributed by atoms with Gasteiger partial charge in [-0.05, 0) is 17.5 Å². The molecule has 0 radical (unpaired) electrons. The number of hydrogen-bond acceptors (Lipinski definition) is 2. The molecule has 3 nitrogen and oxygen atoms in total. The summed E-state index contributed by atoms with van der Waals surface area (Å²) in [5.74, 6) is 0.0974. The third-order valence-electron chi connectivity index (χ3n) is 2.29. The molecule has 0 spiro atoms. The minimum absolute atomic E-state index is 0.0974. The van der Waals surface area contributed by atoms with Crippen LogP contribution in [0.3, 0.4) is 0 Å². The standard InChI is InChI=1S/C11H10IN3/c12-15-10-3-1-2-7-4-5-8(11(13)14)6-9(7)10/h1-6,15H,(H3,13,14). The van der Waals surface area contributed by atoms with Gasteiger partial charge in [0.05, 0.1) is 28.6 Å². The molecule has 2 aromatic rings. The predicted octanol–water partition coefficient (Wildman–Crippen LogP) is 2.89. The molecule has 0 aliphatic heterocycles. The summed E-state index contributed by atoms with van der Waals surface area (Å²) in [7, 11) is 0. The number of benzene rings is 2. The molecule has 0 saturated carbocycles. The maximum Gasteiger partial charge on any atom is 0.122 e. The zero-order valence-electron chi connectivity index (χ0n) is 7.92. The second kappa shape index (κ2) is 4.06. The lowest BCUT2D eigenvalue weighted by Crippen LogP contribution is -2.10. The van der Waals surface area contributed by atoms with E-state index >= 15 is 0 Å². The molecule has 0 heterocycles. The number of hydrogen-bond donors (Lipinski definition) is 3. The van der Waals surface area contributed by atoms with E-state index in [0.29, 0.717) is 0 Å². The molecule has 2 aromatic carbocycles. The Morgan fingerprint density at radius 2 is 2.07 bits per heavy atom. The summed E-state index contributed by atoms with van der Waals surface area (Å²) in [5, 5.41) is 9.62. The molecule has 0 aromatic heterocycles. The molecule has 0 atom stereocenters. The molecule has 0 saturated heterocycles. The summed E-state index contributed by atoms with van der Waals surface area (Å²) in [4.78, 5) is 0. The summed E-state index contributed by atoms with van der Waals surface area (Å²) < 4.78 is 3.09. The molecule has 0 bridgehead atoms. The van der Waals surface area contributed by atoms with Crippen LogP contribution in [0.5, 0.6) is 0 Å². The fourth-order valence-corrected chi connectivity index (χ4v) is 1.99. The number of anilines is 1. The lowest BCUT2D eigenvalue weighted by Gasteiger charge is -2.06. The first-order valence-electron chi connectivity index (χ1n) is 4.46. The van der Waals surface area contributed by atoms with E-state index in [-0.39, 0.29) is 5.84 Å². The van der Waals surface area contributed by atoms with Crippen LogP contribution in [0.2, 0.25) is 0 Å². The number of fused-ring (bicyclic) bond motifs is 1. The van der Waals surface area contributed by atoms with Gasteiger partial charge in [0.2, 0.25) is 0 Å². The van der Waals surface area contributed by atoms with Gasteiger partial charge < -0.3 is 9.26 Å². The Kier molecular flexibility index (Phi) is 2.77. The lowest BCUT2D eigenvalue weighted by molar-refractivity contribution is 1.43. The number of nitrogens with two attached hydrogens (primary N) is 1. The van der Waals surface area contributed by atoms with Gasteiger partial charge in [0.25, 0.3) is 0 Å². The fraction of sp³-hybridized carbons (Fsp3) is 0. The fourth-order valence-electron chi connectivity index (χ4n) is 1.52. The minimum Gasteiger partial charge on any atom is -0.384 e. The van der Waals surface area contributed by atoms with Gasteiger partial charge in [-0.2, -0.15) is 0 Å². The van der Waals surface area contributed by atoms with Crippen LogP contribution < -0.4 is 9.26 Å². The Hall–Kier alpha value is -1.30. The summed E-state index contributed by atoms with van der Waals surface area (Å²) in [6, 6.07) is 11.8. The van der Waals surface area contributed by atoms with E-state index in [1.807, 2.05) is 36.4 Å². The predicted molar refractivity (Wildman–Crippen MR) is 72.6 cm³/mol. The van der Waals surface area contributed by atoms with Gasteiger partial charge in [0.1, 0.15) is 5.84 Å². The average molecular weight is 311 g/mol. The first kappa shape index (κ1) is 10.2. The van der Waals surface area contributed by atoms with E-state index in [1.165, 1.54) is 0 Å². The molecular formula is C11H10IN3. The van der Waals surface area contributed by atoms with E-state index < -0.39 is 0 Å². The highest BCUT2D eigenvalue weighted by molar-refractivity contribution is 14.1. The van der Waals surface area contributed by atoms with E-state index in [1.54, 1.807) is 0 Å². The molecule has 4 heteroatoms. The van der Waals surface area contributed by atoms with Crippen molar-refractivity contribution in [1.82, 2.24) is 0 Å². The van der Waals surface area contributed by atoms with Crippen LogP contribution in [0.25, 0.3) is 10.8 Å². The van der Waals surface area contributed by atoms with Gasteiger partial charge in [-0.3, -0.25) is 5.41 Å². The summed E-state index contributed by atoms with van der Waals surface area (Å²) in [6.07, 6.45) is 0. The Bertz CT molecular complexity index is 522. The quantitative estimate of drug-likeness (QED) is 0.346. The molecule has 76 valence electrons. The van der Waals surface area contributed by atoms with Crippen LogP contribution in [0.1, 0.15) is 5.56 Å². The first-order chi connectivity index (χ1) is 7.22. The molecule has 0 aliphatic rings. The van der Waals surface area contributed by atoms with Crippen LogP contribution in [0.4, 0.5) is 5.69 Å². The Morgan fingerprint density at radius 3 is 2.73 bits per heavy atom. The highest BCUT2D eigenvalue weighted by atomic mass is 127. The van der Waals surface area contributed by atoms with Crippen LogP contribution >= 0.6 is 22.9 Å². The van der Waals surface area contributed by atoms with Crippen molar-refractivity contribution in [1.29, 1.82) is 5.41 Å². The molecule has 0 fully saturated rings. The van der Waals surface area contributed by atoms with Gasteiger partial charge in [-0.1, -0.05) is 24.3 Å². The number of amidine groups is 1. The topological polar surface area (TPSA) is 61.9 Å². The average Bonchev–Trinajstić information content (AvgIpc) is 2.27. The second-order valence-corrected chi connectivity index (χ2v) is 3.79. The number of nitrogens with one attached hydrogen (secondary N) is 2. The molecular weight excluding hydrogens is 301 g/mol. The van der Waals surface area contributed by atoms with Crippen LogP contribution in [-0.2, 0) is 0 Å². The Labute approximate surface area is 102 Å². The van der Waals surface area contributed by atoms with Gasteiger partial charge >= 0.3 is 0 Å². The SMILES string of the molecule is N=C(N)c1ccc2cccc(NI)c2c1. The molecule has 0 aliphatic carbocycles. The first-order valence-corrected chi connectivity index (χ1v) is 5.54. The van der Waals surface area contributed by atoms with Crippen molar-refractivity contribution in [3.63, 3.8) is 0 Å². The third-order valence-corrected chi connectivity index (χ3v) is 2.88. The normalized spacial score (nSPS) is 10.2. The van der Waals surface area contributed by atoms with Crippen molar-refractivity contribution in [3.05, 3.63) is 42.0 Å². The van der Waals surface area contributed by atoms with E-state index in [2.05, 4.69) is 26.4 Å². The zero-order valence-corrected chi connectivity index (χ0v) is 10.1. The Morgan fingerprint density at radius 1 is 1.27 bits per heavy atom. The highest BCUT2D eigenvalue weighted by Gasteiger charge is 2.02. The minimum atomic E-state index is 0.0974. The molecule has 2 rings (SSSR count). The summed E-state index contributed by atoms with van der Waals surface area (Å²) >= 11 is 2.10. The molecule has 4 N–H and O–H groups in total. The van der Waals surface area contributed by atoms with Gasteiger partial charge in [0.15, 0.2) is 0 Å². The van der Waals surface area contributed by atoms with Crippen molar-refractivity contribution in [3.8, 4) is 0 Å². The van der Waals surface area contributed by atoms with Crippen LogP contribution in [-0.4, -0.2) is 5.84 Å². The number of halogens is 1. The van der Waals surface area contributed by atoms with E-state index in [4.69, 9.17) is 11.1 Å². The molecule has 15 heavy (non-hydrogen) atoms. The highest BCUT2D eigenvalue weighted by Crippen LogP contribution is 2.25. The third kappa shape index (κ3) is 1.90. The largest absolute Gasteiger partial charge is 0.384 e. The smallest absolute Gasteiger partial charge is 0.122 e. The van der Waals surface area contributed by atoms with E-state index in [9.17, 15) is 0 Å². The van der Waals surface area contributed by atoms with Crippen molar-refractivity contribution < 1.29 is 0 Å². The maximum atomic E-state index is 7.39. The summed E-state index contributed by atoms with van der Waals surface area (Å²) in [5.41, 5.74) is 7.25. The van der Waals surface area contributed by atoms with Crippen molar-refractivity contribution in [2.75, 3.05) is 3.53 Å². The van der Waals surface area contributed by atoms with E-state index in [0.717, 1.165) is 22.0 Å². The van der Waals surface area contributed by atoms with Crippen molar-refractivity contribution in [2.45, 2.75) is 0 Å². The van der Waals surface area contributed by atoms with Crippen LogP contribution in [0, 0.1) is 5.41 Å². The van der Waals surface area contributed by atoms with Gasteiger partial charge in [-0.25, -0.2) is 0 Å². The zero-order chi connectivity index (χ0) is 10.8. The monoisotopic (exact) mass is 311 g/mol. The number of nitrogen functional groups attached to an aromatic ring is 1. The van der Waals surface area contributed by atoms with Gasteiger partial charge in [0, 0.05) is 10.9 Å². The molecule has 0 unspecified atom stereocenters. The second-order valence-electron chi connectivity index (χ2n) is 3.25. The van der Waals surface area contributed by atoms with Crippen molar-refractivity contribution in [2.24, 2.45) is 5.73 Å². The maximum absolute atomic E-state index is 7.39. The van der Waals surface area contributed by atoms with Crippen molar-refractivity contribution >= 4 is 45.2 Å². The molecule has 0 amide bonds. The lowest BCUT2D eigenvalue weighted by atomic mass is 10.1. The summed E-state index contributed by atoms with van der Waals surface area (Å²) in [6.45, 7) is 0. The Balaban J connectivity index is 2.72. The van der Waals surface area contributed by atoms with Crippen LogP contribution in [0.15, 0.2) is 36.4 Å². The number of rotatable bonds is 2.